The fourth-order valence-corrected chi connectivity index (χ4v) is 2.52. The quantitative estimate of drug-likeness (QED) is 0.831. The highest BCUT2D eigenvalue weighted by molar-refractivity contribution is 6.31. The highest BCUT2D eigenvalue weighted by Crippen LogP contribution is 2.22. The first-order valence-electron chi connectivity index (χ1n) is 6.69. The third-order valence-electron chi connectivity index (χ3n) is 3.48. The van der Waals surface area contributed by atoms with Crippen molar-refractivity contribution in [2.45, 2.75) is 0 Å². The number of rotatable bonds is 2. The van der Waals surface area contributed by atoms with Crippen LogP contribution in [-0.2, 0) is 11.8 Å². The number of piperazine rings is 1. The summed E-state index contributed by atoms with van der Waals surface area (Å²) in [6, 6.07) is 5.29. The zero-order valence-corrected chi connectivity index (χ0v) is 12.7. The second-order valence-corrected chi connectivity index (χ2v) is 5.36. The van der Waals surface area contributed by atoms with Crippen molar-refractivity contribution in [3.63, 3.8) is 0 Å². The molecule has 1 aliphatic rings. The molecule has 2 aromatic heterocycles. The van der Waals surface area contributed by atoms with Gasteiger partial charge in [-0.2, -0.15) is 10.4 Å². The van der Waals surface area contributed by atoms with E-state index in [1.165, 1.54) is 0 Å². The van der Waals surface area contributed by atoms with Gasteiger partial charge in [-0.3, -0.25) is 9.48 Å². The van der Waals surface area contributed by atoms with Gasteiger partial charge in [-0.05, 0) is 12.1 Å². The van der Waals surface area contributed by atoms with Crippen molar-refractivity contribution >= 4 is 29.0 Å². The highest BCUT2D eigenvalue weighted by Gasteiger charge is 2.26. The number of carbonyl (C=O) groups is 1. The van der Waals surface area contributed by atoms with Crippen LogP contribution in [0.15, 0.2) is 24.5 Å². The average Bonchev–Trinajstić information content (AvgIpc) is 2.94. The summed E-state index contributed by atoms with van der Waals surface area (Å²) in [4.78, 5) is 20.1. The molecular weight excluding hydrogens is 304 g/mol. The Morgan fingerprint density at radius 2 is 2.18 bits per heavy atom. The van der Waals surface area contributed by atoms with Crippen LogP contribution >= 0.6 is 11.6 Å². The third kappa shape index (κ3) is 2.61. The van der Waals surface area contributed by atoms with Crippen molar-refractivity contribution in [3.05, 3.63) is 35.2 Å². The number of hydrogen-bond donors (Lipinski definition) is 0. The lowest BCUT2D eigenvalue weighted by atomic mass is 10.2. The van der Waals surface area contributed by atoms with Crippen molar-refractivity contribution in [1.82, 2.24) is 14.8 Å². The summed E-state index contributed by atoms with van der Waals surface area (Å²) in [5.41, 5.74) is 0.954. The van der Waals surface area contributed by atoms with E-state index in [-0.39, 0.29) is 18.1 Å². The molecule has 1 aliphatic heterocycles. The minimum absolute atomic E-state index is 0.0329. The zero-order chi connectivity index (χ0) is 15.7. The lowest BCUT2D eigenvalue weighted by molar-refractivity contribution is -0.117. The van der Waals surface area contributed by atoms with Crippen LogP contribution in [0.2, 0.25) is 5.02 Å². The van der Waals surface area contributed by atoms with Gasteiger partial charge in [-0.1, -0.05) is 11.6 Å². The molecule has 0 radical (unpaired) electrons. The molecule has 8 heteroatoms. The van der Waals surface area contributed by atoms with E-state index < -0.39 is 0 Å². The normalized spacial score (nSPS) is 15.0. The molecule has 112 valence electrons. The predicted octanol–water partition coefficient (Wildman–Crippen LogP) is 1.19. The molecule has 0 spiro atoms. The first-order chi connectivity index (χ1) is 10.6. The average molecular weight is 317 g/mol. The maximum atomic E-state index is 12.3. The van der Waals surface area contributed by atoms with Gasteiger partial charge < -0.3 is 9.80 Å². The SMILES string of the molecule is Cn1cc(N2CCN(c3ccc(Cl)c(C#N)n3)CC2=O)cn1. The first-order valence-corrected chi connectivity index (χ1v) is 7.07. The van der Waals surface area contributed by atoms with Gasteiger partial charge in [-0.25, -0.2) is 4.98 Å². The van der Waals surface area contributed by atoms with Crippen LogP contribution in [0.1, 0.15) is 5.69 Å². The molecule has 1 fully saturated rings. The van der Waals surface area contributed by atoms with Crippen molar-refractivity contribution in [2.24, 2.45) is 7.05 Å². The number of aryl methyl sites for hydroxylation is 1. The van der Waals surface area contributed by atoms with Gasteiger partial charge in [0.25, 0.3) is 0 Å². The maximum absolute atomic E-state index is 12.3. The summed E-state index contributed by atoms with van der Waals surface area (Å²) < 4.78 is 1.66. The number of amides is 1. The second-order valence-electron chi connectivity index (χ2n) is 4.95. The maximum Gasteiger partial charge on any atom is 0.246 e. The molecule has 22 heavy (non-hydrogen) atoms. The van der Waals surface area contributed by atoms with Crippen LogP contribution in [0.25, 0.3) is 0 Å². The minimum atomic E-state index is -0.0329. The van der Waals surface area contributed by atoms with E-state index in [9.17, 15) is 4.79 Å². The molecule has 7 nitrogen and oxygen atoms in total. The van der Waals surface area contributed by atoms with Crippen molar-refractivity contribution < 1.29 is 4.79 Å². The number of hydrogen-bond acceptors (Lipinski definition) is 5. The Hall–Kier alpha value is -2.59. The van der Waals surface area contributed by atoms with Crippen LogP contribution in [0.3, 0.4) is 0 Å². The smallest absolute Gasteiger partial charge is 0.246 e. The van der Waals surface area contributed by atoms with E-state index >= 15 is 0 Å². The number of halogens is 1. The summed E-state index contributed by atoms with van der Waals surface area (Å²) in [6.07, 6.45) is 3.48. The topological polar surface area (TPSA) is 78.0 Å². The van der Waals surface area contributed by atoms with Crippen LogP contribution in [0.5, 0.6) is 0 Å². The summed E-state index contributed by atoms with van der Waals surface area (Å²) in [5.74, 6) is 0.551. The molecule has 0 atom stereocenters. The molecule has 0 aromatic carbocycles. The number of pyridine rings is 1. The lowest BCUT2D eigenvalue weighted by Gasteiger charge is -2.34. The van der Waals surface area contributed by atoms with Gasteiger partial charge in [0.05, 0.1) is 23.5 Å². The summed E-state index contributed by atoms with van der Waals surface area (Å²) in [5, 5.41) is 13.4. The molecule has 0 unspecified atom stereocenters. The first kappa shape index (κ1) is 14.4. The van der Waals surface area contributed by atoms with Crippen molar-refractivity contribution in [1.29, 1.82) is 5.26 Å². The van der Waals surface area contributed by atoms with Crippen LogP contribution < -0.4 is 9.80 Å². The molecule has 2 aromatic rings. The van der Waals surface area contributed by atoms with Crippen LogP contribution in [0.4, 0.5) is 11.5 Å². The van der Waals surface area contributed by atoms with Gasteiger partial charge in [-0.15, -0.1) is 0 Å². The van der Waals surface area contributed by atoms with E-state index in [1.807, 2.05) is 24.2 Å². The molecule has 0 aliphatic carbocycles. The van der Waals surface area contributed by atoms with Gasteiger partial charge in [0.15, 0.2) is 5.69 Å². The molecule has 3 rings (SSSR count). The summed E-state index contributed by atoms with van der Waals surface area (Å²) >= 11 is 5.88. The van der Waals surface area contributed by atoms with Crippen LogP contribution in [0, 0.1) is 11.3 Å². The Morgan fingerprint density at radius 3 is 2.82 bits per heavy atom. The van der Waals surface area contributed by atoms with Gasteiger partial charge >= 0.3 is 0 Å². The van der Waals surface area contributed by atoms with E-state index in [0.717, 1.165) is 5.69 Å². The Labute approximate surface area is 132 Å². The van der Waals surface area contributed by atoms with E-state index in [2.05, 4.69) is 10.1 Å². The van der Waals surface area contributed by atoms with Gasteiger partial charge in [0, 0.05) is 26.3 Å². The van der Waals surface area contributed by atoms with Crippen LogP contribution in [-0.4, -0.2) is 40.3 Å². The summed E-state index contributed by atoms with van der Waals surface area (Å²) in [6.45, 7) is 1.37. The van der Waals surface area contributed by atoms with E-state index in [1.54, 1.807) is 27.9 Å². The second kappa shape index (κ2) is 5.66. The standard InChI is InChI=1S/C14H13ClN6O/c1-19-8-10(7-17-19)21-5-4-20(9-14(21)22)13-3-2-11(15)12(6-16)18-13/h2-3,7-8H,4-5,9H2,1H3. The zero-order valence-electron chi connectivity index (χ0n) is 11.9. The van der Waals surface area contributed by atoms with Crippen molar-refractivity contribution in [3.8, 4) is 6.07 Å². The minimum Gasteiger partial charge on any atom is -0.345 e. The molecule has 3 heterocycles. The monoisotopic (exact) mass is 316 g/mol. The number of nitriles is 1. The molecule has 1 saturated heterocycles. The molecule has 0 bridgehead atoms. The number of anilines is 2. The number of carbonyl (C=O) groups excluding carboxylic acids is 1. The number of aromatic nitrogens is 3. The Kier molecular flexibility index (Phi) is 3.69. The number of nitrogens with zero attached hydrogens (tertiary/aromatic N) is 6. The summed E-state index contributed by atoms with van der Waals surface area (Å²) in [7, 11) is 1.81. The predicted molar refractivity (Wildman–Crippen MR) is 81.7 cm³/mol. The largest absolute Gasteiger partial charge is 0.345 e. The van der Waals surface area contributed by atoms with Gasteiger partial charge in [0.1, 0.15) is 11.9 Å². The van der Waals surface area contributed by atoms with Gasteiger partial charge in [0.2, 0.25) is 5.91 Å². The molecular formula is C14H13ClN6O. The third-order valence-corrected chi connectivity index (χ3v) is 3.79. The fraction of sp³-hybridized carbons (Fsp3) is 0.286. The fourth-order valence-electron chi connectivity index (χ4n) is 2.38. The Morgan fingerprint density at radius 1 is 1.36 bits per heavy atom. The van der Waals surface area contributed by atoms with E-state index in [0.29, 0.717) is 23.9 Å². The van der Waals surface area contributed by atoms with E-state index in [4.69, 9.17) is 16.9 Å². The van der Waals surface area contributed by atoms with Crippen molar-refractivity contribution in [2.75, 3.05) is 29.4 Å². The Bertz CT molecular complexity index is 765. The lowest BCUT2D eigenvalue weighted by Crippen LogP contribution is -2.50. The molecule has 0 N–H and O–H groups in total. The Balaban J connectivity index is 1.78. The highest BCUT2D eigenvalue weighted by atomic mass is 35.5. The molecule has 1 amide bonds. The molecule has 0 saturated carbocycles.